The summed E-state index contributed by atoms with van der Waals surface area (Å²) in [6, 6.07) is 0.341. The second-order valence-electron chi connectivity index (χ2n) is 3.63. The molecule has 0 saturated carbocycles. The summed E-state index contributed by atoms with van der Waals surface area (Å²) in [5.74, 6) is -0.0990. The third-order valence-electron chi connectivity index (χ3n) is 2.55. The summed E-state index contributed by atoms with van der Waals surface area (Å²) < 4.78 is 4.65. The van der Waals surface area contributed by atoms with Crippen LogP contribution in [0.15, 0.2) is 0 Å². The predicted molar refractivity (Wildman–Crippen MR) is 51.5 cm³/mol. The highest BCUT2D eigenvalue weighted by molar-refractivity contribution is 5.69. The van der Waals surface area contributed by atoms with Gasteiger partial charge in [0.25, 0.3) is 0 Å². The number of nitrogens with one attached hydrogen (secondary N) is 1. The Kier molecular flexibility index (Phi) is 4.83. The van der Waals surface area contributed by atoms with E-state index in [1.807, 2.05) is 0 Å². The molecule has 13 heavy (non-hydrogen) atoms. The molecule has 3 nitrogen and oxygen atoms in total. The lowest BCUT2D eigenvalue weighted by molar-refractivity contribution is -0.141. The molecule has 0 aromatic heterocycles. The number of carbonyl (C=O) groups excluding carboxylic acids is 1. The van der Waals surface area contributed by atoms with Gasteiger partial charge in [-0.15, -0.1) is 0 Å². The summed E-state index contributed by atoms with van der Waals surface area (Å²) in [5.41, 5.74) is 0. The molecule has 1 rings (SSSR count). The highest BCUT2D eigenvalue weighted by Crippen LogP contribution is 2.11. The van der Waals surface area contributed by atoms with Gasteiger partial charge in [0.15, 0.2) is 0 Å². The number of carbonyl (C=O) groups is 1. The van der Waals surface area contributed by atoms with Crippen molar-refractivity contribution in [2.75, 3.05) is 13.7 Å². The average molecular weight is 185 g/mol. The fourth-order valence-corrected chi connectivity index (χ4v) is 1.74. The number of rotatable bonds is 2. The van der Waals surface area contributed by atoms with Crippen molar-refractivity contribution in [1.29, 1.82) is 0 Å². The van der Waals surface area contributed by atoms with Gasteiger partial charge in [0, 0.05) is 6.04 Å². The summed E-state index contributed by atoms with van der Waals surface area (Å²) in [6.07, 6.45) is 6.72. The Morgan fingerprint density at radius 3 is 2.92 bits per heavy atom. The Balaban J connectivity index is 2.25. The first-order valence-corrected chi connectivity index (χ1v) is 5.13. The van der Waals surface area contributed by atoms with E-state index in [9.17, 15) is 4.79 Å². The molecule has 0 amide bonds. The highest BCUT2D eigenvalue weighted by atomic mass is 16.5. The maximum absolute atomic E-state index is 11.0. The van der Waals surface area contributed by atoms with Crippen molar-refractivity contribution >= 4 is 5.97 Å². The molecular formula is C10H19NO2. The zero-order valence-electron chi connectivity index (χ0n) is 8.34. The Morgan fingerprint density at radius 1 is 1.38 bits per heavy atom. The molecule has 1 atom stereocenters. The Morgan fingerprint density at radius 2 is 2.15 bits per heavy atom. The first-order valence-electron chi connectivity index (χ1n) is 5.13. The molecule has 1 heterocycles. The maximum atomic E-state index is 11.0. The van der Waals surface area contributed by atoms with E-state index in [2.05, 4.69) is 10.1 Å². The van der Waals surface area contributed by atoms with Gasteiger partial charge in [0.2, 0.25) is 0 Å². The fourth-order valence-electron chi connectivity index (χ4n) is 1.74. The standard InChI is InChI=1S/C10H19NO2/c1-13-10(12)8-9-6-4-2-3-5-7-11-9/h9,11H,2-8H2,1H3. The van der Waals surface area contributed by atoms with Gasteiger partial charge in [-0.3, -0.25) is 4.79 Å². The fraction of sp³-hybridized carbons (Fsp3) is 0.900. The van der Waals surface area contributed by atoms with Crippen LogP contribution < -0.4 is 5.32 Å². The van der Waals surface area contributed by atoms with Gasteiger partial charge in [0.1, 0.15) is 0 Å². The molecule has 1 N–H and O–H groups in total. The molecule has 0 aliphatic carbocycles. The monoisotopic (exact) mass is 185 g/mol. The van der Waals surface area contributed by atoms with Crippen LogP contribution in [0.3, 0.4) is 0 Å². The summed E-state index contributed by atoms with van der Waals surface area (Å²) >= 11 is 0. The third-order valence-corrected chi connectivity index (χ3v) is 2.55. The summed E-state index contributed by atoms with van der Waals surface area (Å²) in [5, 5.41) is 3.39. The first-order chi connectivity index (χ1) is 6.33. The van der Waals surface area contributed by atoms with Crippen molar-refractivity contribution in [3.63, 3.8) is 0 Å². The second kappa shape index (κ2) is 5.97. The lowest BCUT2D eigenvalue weighted by Crippen LogP contribution is -2.33. The number of hydrogen-bond donors (Lipinski definition) is 1. The van der Waals surface area contributed by atoms with Crippen LogP contribution in [0.2, 0.25) is 0 Å². The minimum absolute atomic E-state index is 0.0990. The van der Waals surface area contributed by atoms with E-state index in [0.29, 0.717) is 12.5 Å². The first kappa shape index (κ1) is 10.5. The van der Waals surface area contributed by atoms with Gasteiger partial charge in [-0.2, -0.15) is 0 Å². The minimum Gasteiger partial charge on any atom is -0.469 e. The minimum atomic E-state index is -0.0990. The predicted octanol–water partition coefficient (Wildman–Crippen LogP) is 1.47. The van der Waals surface area contributed by atoms with Crippen LogP contribution >= 0.6 is 0 Å². The van der Waals surface area contributed by atoms with Crippen LogP contribution in [0, 0.1) is 0 Å². The molecule has 0 aromatic carbocycles. The summed E-state index contributed by atoms with van der Waals surface area (Å²) in [6.45, 7) is 1.04. The summed E-state index contributed by atoms with van der Waals surface area (Å²) in [4.78, 5) is 11.0. The van der Waals surface area contributed by atoms with Gasteiger partial charge in [-0.25, -0.2) is 0 Å². The van der Waals surface area contributed by atoms with Crippen molar-refractivity contribution < 1.29 is 9.53 Å². The van der Waals surface area contributed by atoms with Crippen molar-refractivity contribution in [3.8, 4) is 0 Å². The Bertz CT molecular complexity index is 151. The molecule has 3 heteroatoms. The quantitative estimate of drug-likeness (QED) is 0.662. The Hall–Kier alpha value is -0.570. The van der Waals surface area contributed by atoms with Crippen molar-refractivity contribution in [2.24, 2.45) is 0 Å². The summed E-state index contributed by atoms with van der Waals surface area (Å²) in [7, 11) is 1.45. The molecule has 1 saturated heterocycles. The van der Waals surface area contributed by atoms with Gasteiger partial charge in [-0.1, -0.05) is 19.3 Å². The number of esters is 1. The zero-order valence-corrected chi connectivity index (χ0v) is 8.34. The highest BCUT2D eigenvalue weighted by Gasteiger charge is 2.14. The largest absolute Gasteiger partial charge is 0.469 e. The van der Waals surface area contributed by atoms with E-state index in [0.717, 1.165) is 13.0 Å². The molecule has 1 aliphatic heterocycles. The van der Waals surface area contributed by atoms with Gasteiger partial charge in [-0.05, 0) is 19.4 Å². The topological polar surface area (TPSA) is 38.3 Å². The molecule has 0 bridgehead atoms. The molecule has 1 aliphatic rings. The molecule has 0 aromatic rings. The lowest BCUT2D eigenvalue weighted by atomic mass is 10.0. The number of hydrogen-bond acceptors (Lipinski definition) is 3. The van der Waals surface area contributed by atoms with E-state index >= 15 is 0 Å². The van der Waals surface area contributed by atoms with Crippen LogP contribution in [-0.4, -0.2) is 25.7 Å². The zero-order chi connectivity index (χ0) is 9.52. The lowest BCUT2D eigenvalue weighted by Gasteiger charge is -2.20. The van der Waals surface area contributed by atoms with Crippen molar-refractivity contribution in [1.82, 2.24) is 5.32 Å². The Labute approximate surface area is 79.8 Å². The maximum Gasteiger partial charge on any atom is 0.307 e. The van der Waals surface area contributed by atoms with Crippen LogP contribution in [0.1, 0.15) is 38.5 Å². The van der Waals surface area contributed by atoms with E-state index in [1.165, 1.54) is 32.8 Å². The van der Waals surface area contributed by atoms with Gasteiger partial charge in [0.05, 0.1) is 13.5 Å². The molecular weight excluding hydrogens is 166 g/mol. The normalized spacial score (nSPS) is 24.5. The third kappa shape index (κ3) is 4.27. The van der Waals surface area contributed by atoms with E-state index < -0.39 is 0 Å². The molecule has 1 unspecified atom stereocenters. The molecule has 0 spiro atoms. The van der Waals surface area contributed by atoms with E-state index in [1.54, 1.807) is 0 Å². The van der Waals surface area contributed by atoms with E-state index in [4.69, 9.17) is 0 Å². The van der Waals surface area contributed by atoms with E-state index in [-0.39, 0.29) is 5.97 Å². The average Bonchev–Trinajstić information content (AvgIpc) is 2.09. The van der Waals surface area contributed by atoms with Crippen LogP contribution in [-0.2, 0) is 9.53 Å². The number of ether oxygens (including phenoxy) is 1. The molecule has 76 valence electrons. The van der Waals surface area contributed by atoms with Crippen molar-refractivity contribution in [2.45, 2.75) is 44.6 Å². The van der Waals surface area contributed by atoms with Crippen LogP contribution in [0.5, 0.6) is 0 Å². The van der Waals surface area contributed by atoms with Crippen molar-refractivity contribution in [3.05, 3.63) is 0 Å². The van der Waals surface area contributed by atoms with Crippen LogP contribution in [0.25, 0.3) is 0 Å². The second-order valence-corrected chi connectivity index (χ2v) is 3.63. The van der Waals surface area contributed by atoms with Crippen LogP contribution in [0.4, 0.5) is 0 Å². The smallest absolute Gasteiger partial charge is 0.307 e. The van der Waals surface area contributed by atoms with Gasteiger partial charge < -0.3 is 10.1 Å². The molecule has 1 fully saturated rings. The molecule has 0 radical (unpaired) electrons. The SMILES string of the molecule is COC(=O)CC1CCCCCCN1. The number of methoxy groups -OCH3 is 1. The van der Waals surface area contributed by atoms with Gasteiger partial charge >= 0.3 is 5.97 Å².